The Bertz CT molecular complexity index is 516. The van der Waals surface area contributed by atoms with Crippen LogP contribution < -0.4 is 5.73 Å². The first-order chi connectivity index (χ1) is 9.17. The van der Waals surface area contributed by atoms with Crippen LogP contribution in [0, 0.1) is 5.92 Å². The molecule has 19 heavy (non-hydrogen) atoms. The lowest BCUT2D eigenvalue weighted by Gasteiger charge is -2.20. The number of aliphatic hydroxyl groups is 1. The fourth-order valence-corrected chi connectivity index (χ4v) is 2.29. The third kappa shape index (κ3) is 2.85. The molecule has 1 unspecified atom stereocenters. The third-order valence-electron chi connectivity index (χ3n) is 3.50. The lowest BCUT2D eigenvalue weighted by Crippen LogP contribution is -2.20. The Morgan fingerprint density at radius 1 is 1.26 bits per heavy atom. The molecule has 4 heteroatoms. The van der Waals surface area contributed by atoms with Gasteiger partial charge in [0.15, 0.2) is 0 Å². The smallest absolute Gasteiger partial charge is 0.0994 e. The average molecular weight is 259 g/mol. The van der Waals surface area contributed by atoms with Gasteiger partial charge in [-0.15, -0.1) is 0 Å². The van der Waals surface area contributed by atoms with E-state index < -0.39 is 0 Å². The van der Waals surface area contributed by atoms with E-state index in [4.69, 9.17) is 10.8 Å². The maximum atomic E-state index is 9.08. The van der Waals surface area contributed by atoms with Crippen LogP contribution >= 0.6 is 0 Å². The molecular formula is C15H21N3O. The van der Waals surface area contributed by atoms with Gasteiger partial charge in [0.2, 0.25) is 0 Å². The zero-order valence-electron chi connectivity index (χ0n) is 11.5. The van der Waals surface area contributed by atoms with Gasteiger partial charge in [0.25, 0.3) is 0 Å². The molecule has 0 radical (unpaired) electrons. The first-order valence-corrected chi connectivity index (χ1v) is 6.59. The first kappa shape index (κ1) is 13.8. The molecule has 1 aromatic carbocycles. The monoisotopic (exact) mass is 259 g/mol. The molecule has 0 amide bonds. The fourth-order valence-electron chi connectivity index (χ4n) is 2.29. The molecule has 0 aliphatic heterocycles. The van der Waals surface area contributed by atoms with E-state index in [1.807, 2.05) is 36.8 Å². The first-order valence-electron chi connectivity index (χ1n) is 6.59. The Morgan fingerprint density at radius 2 is 1.95 bits per heavy atom. The van der Waals surface area contributed by atoms with Crippen molar-refractivity contribution < 1.29 is 5.11 Å². The number of nitrogens with zero attached hydrogens (tertiary/aromatic N) is 2. The minimum absolute atomic E-state index is 0.0640. The molecule has 4 nitrogen and oxygen atoms in total. The summed E-state index contributed by atoms with van der Waals surface area (Å²) in [5.41, 5.74) is 8.97. The van der Waals surface area contributed by atoms with Crippen LogP contribution in [0.25, 0.3) is 5.69 Å². The number of aliphatic hydroxyl groups excluding tert-OH is 1. The Kier molecular flexibility index (Phi) is 4.35. The second kappa shape index (κ2) is 5.99. The fraction of sp³-hybridized carbons (Fsp3) is 0.400. The summed E-state index contributed by atoms with van der Waals surface area (Å²) < 4.78 is 2.07. The lowest BCUT2D eigenvalue weighted by molar-refractivity contribution is 0.282. The molecular weight excluding hydrogens is 238 g/mol. The summed E-state index contributed by atoms with van der Waals surface area (Å²) in [6.45, 7) is 5.01. The van der Waals surface area contributed by atoms with E-state index >= 15 is 0 Å². The Labute approximate surface area is 113 Å². The van der Waals surface area contributed by atoms with Gasteiger partial charge in [0.05, 0.1) is 12.9 Å². The number of nitrogens with two attached hydrogens (primary N) is 1. The molecule has 0 aliphatic carbocycles. The minimum atomic E-state index is 0.0640. The summed E-state index contributed by atoms with van der Waals surface area (Å²) in [6.07, 6.45) is 3.70. The zero-order valence-corrected chi connectivity index (χ0v) is 11.5. The third-order valence-corrected chi connectivity index (χ3v) is 3.50. The molecule has 2 rings (SSSR count). The van der Waals surface area contributed by atoms with E-state index in [0.717, 1.165) is 16.9 Å². The molecule has 0 saturated carbocycles. The van der Waals surface area contributed by atoms with E-state index in [1.54, 1.807) is 0 Å². The second-order valence-electron chi connectivity index (χ2n) is 5.10. The highest BCUT2D eigenvalue weighted by molar-refractivity contribution is 5.37. The van der Waals surface area contributed by atoms with Gasteiger partial charge in [-0.1, -0.05) is 26.0 Å². The van der Waals surface area contributed by atoms with E-state index in [1.165, 1.54) is 0 Å². The molecule has 1 heterocycles. The number of aromatic nitrogens is 2. The van der Waals surface area contributed by atoms with Gasteiger partial charge in [-0.3, -0.25) is 0 Å². The van der Waals surface area contributed by atoms with Crippen molar-refractivity contribution in [1.82, 2.24) is 9.55 Å². The van der Waals surface area contributed by atoms with Crippen LogP contribution in [0.4, 0.5) is 0 Å². The van der Waals surface area contributed by atoms with Gasteiger partial charge in [0, 0.05) is 30.0 Å². The molecule has 102 valence electrons. The Morgan fingerprint density at radius 3 is 2.47 bits per heavy atom. The van der Waals surface area contributed by atoms with E-state index in [9.17, 15) is 0 Å². The standard InChI is InChI=1S/C15H21N3O/c1-11(2)14(7-16)15-8-17-10-18(15)13-5-3-12(9-19)4-6-13/h3-6,8,10-11,14,19H,7,9,16H2,1-2H3. The molecule has 1 aromatic heterocycles. The van der Waals surface area contributed by atoms with E-state index in [2.05, 4.69) is 23.4 Å². The van der Waals surface area contributed by atoms with Crippen molar-refractivity contribution in [3.8, 4) is 5.69 Å². The summed E-state index contributed by atoms with van der Waals surface area (Å²) in [5.74, 6) is 0.761. The summed E-state index contributed by atoms with van der Waals surface area (Å²) in [4.78, 5) is 4.25. The normalized spacial score (nSPS) is 12.9. The number of imidazole rings is 1. The van der Waals surface area contributed by atoms with Gasteiger partial charge in [-0.05, 0) is 23.6 Å². The summed E-state index contributed by atoms with van der Waals surface area (Å²) in [5, 5.41) is 9.08. The summed E-state index contributed by atoms with van der Waals surface area (Å²) >= 11 is 0. The number of hydrogen-bond donors (Lipinski definition) is 2. The predicted octanol–water partition coefficient (Wildman–Crippen LogP) is 2.06. The van der Waals surface area contributed by atoms with Crippen molar-refractivity contribution in [2.45, 2.75) is 26.4 Å². The van der Waals surface area contributed by atoms with Crippen LogP contribution in [-0.2, 0) is 6.61 Å². The highest BCUT2D eigenvalue weighted by atomic mass is 16.3. The zero-order chi connectivity index (χ0) is 13.8. The van der Waals surface area contributed by atoms with Crippen LogP contribution in [0.1, 0.15) is 31.0 Å². The SMILES string of the molecule is CC(C)C(CN)c1cncn1-c1ccc(CO)cc1. The molecule has 1 atom stereocenters. The minimum Gasteiger partial charge on any atom is -0.392 e. The summed E-state index contributed by atoms with van der Waals surface area (Å²) in [6, 6.07) is 7.83. The van der Waals surface area contributed by atoms with Gasteiger partial charge >= 0.3 is 0 Å². The maximum Gasteiger partial charge on any atom is 0.0994 e. The summed E-state index contributed by atoms with van der Waals surface area (Å²) in [7, 11) is 0. The van der Waals surface area contributed by atoms with E-state index in [-0.39, 0.29) is 6.61 Å². The van der Waals surface area contributed by atoms with Crippen molar-refractivity contribution in [1.29, 1.82) is 0 Å². The molecule has 0 saturated heterocycles. The van der Waals surface area contributed by atoms with Gasteiger partial charge in [0.1, 0.15) is 0 Å². The van der Waals surface area contributed by atoms with Crippen LogP contribution in [0.2, 0.25) is 0 Å². The Balaban J connectivity index is 2.37. The quantitative estimate of drug-likeness (QED) is 0.864. The lowest BCUT2D eigenvalue weighted by atomic mass is 9.93. The van der Waals surface area contributed by atoms with Gasteiger partial charge < -0.3 is 15.4 Å². The van der Waals surface area contributed by atoms with Crippen LogP contribution in [0.15, 0.2) is 36.8 Å². The highest BCUT2D eigenvalue weighted by Crippen LogP contribution is 2.25. The van der Waals surface area contributed by atoms with Crippen LogP contribution in [0.5, 0.6) is 0 Å². The van der Waals surface area contributed by atoms with Crippen LogP contribution in [0.3, 0.4) is 0 Å². The molecule has 0 aliphatic rings. The van der Waals surface area contributed by atoms with Crippen molar-refractivity contribution in [2.24, 2.45) is 11.7 Å². The maximum absolute atomic E-state index is 9.08. The second-order valence-corrected chi connectivity index (χ2v) is 5.10. The largest absolute Gasteiger partial charge is 0.392 e. The van der Waals surface area contributed by atoms with Crippen molar-refractivity contribution in [3.05, 3.63) is 48.0 Å². The Hall–Kier alpha value is -1.65. The molecule has 0 fully saturated rings. The van der Waals surface area contributed by atoms with Crippen molar-refractivity contribution in [2.75, 3.05) is 6.54 Å². The molecule has 2 aromatic rings. The van der Waals surface area contributed by atoms with Crippen LogP contribution in [-0.4, -0.2) is 21.2 Å². The van der Waals surface area contributed by atoms with Gasteiger partial charge in [-0.25, -0.2) is 4.98 Å². The van der Waals surface area contributed by atoms with Crippen molar-refractivity contribution in [3.63, 3.8) is 0 Å². The molecule has 0 spiro atoms. The number of hydrogen-bond acceptors (Lipinski definition) is 3. The predicted molar refractivity (Wildman–Crippen MR) is 76.1 cm³/mol. The van der Waals surface area contributed by atoms with Gasteiger partial charge in [-0.2, -0.15) is 0 Å². The average Bonchev–Trinajstić information content (AvgIpc) is 2.88. The molecule has 0 bridgehead atoms. The van der Waals surface area contributed by atoms with E-state index in [0.29, 0.717) is 18.4 Å². The number of benzene rings is 1. The number of rotatable bonds is 5. The topological polar surface area (TPSA) is 64.1 Å². The highest BCUT2D eigenvalue weighted by Gasteiger charge is 2.18. The molecule has 3 N–H and O–H groups in total. The van der Waals surface area contributed by atoms with Crippen molar-refractivity contribution >= 4 is 0 Å².